The Hall–Kier alpha value is -1.84. The van der Waals surface area contributed by atoms with Gasteiger partial charge in [0.05, 0.1) is 0 Å². The van der Waals surface area contributed by atoms with Crippen molar-refractivity contribution in [1.29, 1.82) is 0 Å². The molecule has 0 saturated carbocycles. The Labute approximate surface area is 89.6 Å². The molecule has 1 rings (SSSR count). The minimum atomic E-state index is -0.201. The van der Waals surface area contributed by atoms with Crippen LogP contribution in [0, 0.1) is 6.92 Å². The molecular weight excluding hydrogens is 190 g/mol. The van der Waals surface area contributed by atoms with Gasteiger partial charge in [-0.2, -0.15) is 5.10 Å². The number of hydrazone groups is 1. The summed E-state index contributed by atoms with van der Waals surface area (Å²) in [6.07, 6.45) is 1.53. The molecule has 0 aromatic heterocycles. The van der Waals surface area contributed by atoms with Crippen LogP contribution in [-0.2, 0) is 0 Å². The number of hydrogen-bond donors (Lipinski definition) is 1. The second-order valence-electron chi connectivity index (χ2n) is 3.52. The van der Waals surface area contributed by atoms with Gasteiger partial charge >= 0.3 is 0 Å². The van der Waals surface area contributed by atoms with Crippen LogP contribution in [0.1, 0.15) is 15.9 Å². The minimum absolute atomic E-state index is 0.201. The van der Waals surface area contributed by atoms with Crippen LogP contribution in [0.2, 0.25) is 0 Å². The summed E-state index contributed by atoms with van der Waals surface area (Å²) in [5.74, 6) is -0.201. The number of benzene rings is 1. The van der Waals surface area contributed by atoms with Crippen molar-refractivity contribution in [3.63, 3.8) is 0 Å². The first-order valence-electron chi connectivity index (χ1n) is 4.66. The monoisotopic (exact) mass is 205 g/mol. The summed E-state index contributed by atoms with van der Waals surface area (Å²) in [5, 5.41) is 3.77. The third-order valence-corrected chi connectivity index (χ3v) is 1.77. The van der Waals surface area contributed by atoms with Gasteiger partial charge in [0.2, 0.25) is 0 Å². The second-order valence-corrected chi connectivity index (χ2v) is 3.52. The van der Waals surface area contributed by atoms with Gasteiger partial charge in [-0.25, -0.2) is 5.43 Å². The van der Waals surface area contributed by atoms with E-state index in [-0.39, 0.29) is 5.91 Å². The number of hydrogen-bond acceptors (Lipinski definition) is 2. The van der Waals surface area contributed by atoms with E-state index in [4.69, 9.17) is 0 Å². The van der Waals surface area contributed by atoms with E-state index in [0.29, 0.717) is 5.56 Å². The average Bonchev–Trinajstić information content (AvgIpc) is 2.18. The maximum absolute atomic E-state index is 11.5. The molecule has 0 spiro atoms. The highest BCUT2D eigenvalue weighted by Gasteiger charge is 2.02. The zero-order valence-corrected chi connectivity index (χ0v) is 9.19. The number of carbonyl (C=O) groups excluding carboxylic acids is 1. The fourth-order valence-corrected chi connectivity index (χ4v) is 0.972. The SMILES string of the molecule is Cc1ccc(C(=O)N/N=C/N(C)C)cc1. The Morgan fingerprint density at radius 2 is 1.93 bits per heavy atom. The zero-order valence-electron chi connectivity index (χ0n) is 9.19. The number of nitrogens with zero attached hydrogens (tertiary/aromatic N) is 2. The molecule has 1 aromatic rings. The van der Waals surface area contributed by atoms with Gasteiger partial charge in [0.25, 0.3) is 5.91 Å². The van der Waals surface area contributed by atoms with Crippen LogP contribution in [0.3, 0.4) is 0 Å². The number of aryl methyl sites for hydroxylation is 1. The van der Waals surface area contributed by atoms with Crippen LogP contribution in [0.4, 0.5) is 0 Å². The van der Waals surface area contributed by atoms with Gasteiger partial charge < -0.3 is 4.90 Å². The van der Waals surface area contributed by atoms with Crippen molar-refractivity contribution in [3.05, 3.63) is 35.4 Å². The van der Waals surface area contributed by atoms with E-state index < -0.39 is 0 Å². The van der Waals surface area contributed by atoms with Crippen molar-refractivity contribution in [3.8, 4) is 0 Å². The van der Waals surface area contributed by atoms with E-state index in [2.05, 4.69) is 10.5 Å². The smallest absolute Gasteiger partial charge is 0.271 e. The van der Waals surface area contributed by atoms with Crippen molar-refractivity contribution in [2.24, 2.45) is 5.10 Å². The minimum Gasteiger partial charge on any atom is -0.367 e. The molecule has 1 aromatic carbocycles. The molecule has 0 fully saturated rings. The van der Waals surface area contributed by atoms with Gasteiger partial charge in [-0.3, -0.25) is 4.79 Å². The Morgan fingerprint density at radius 3 is 2.47 bits per heavy atom. The Balaban J connectivity index is 2.58. The van der Waals surface area contributed by atoms with Gasteiger partial charge in [-0.15, -0.1) is 0 Å². The molecule has 0 unspecified atom stereocenters. The van der Waals surface area contributed by atoms with Crippen LogP contribution >= 0.6 is 0 Å². The molecule has 4 heteroatoms. The first-order valence-corrected chi connectivity index (χ1v) is 4.66. The molecule has 4 nitrogen and oxygen atoms in total. The van der Waals surface area contributed by atoms with Crippen molar-refractivity contribution < 1.29 is 4.79 Å². The van der Waals surface area contributed by atoms with Crippen molar-refractivity contribution in [1.82, 2.24) is 10.3 Å². The molecule has 15 heavy (non-hydrogen) atoms. The maximum Gasteiger partial charge on any atom is 0.271 e. The largest absolute Gasteiger partial charge is 0.367 e. The first-order chi connectivity index (χ1) is 7.09. The molecule has 1 N–H and O–H groups in total. The van der Waals surface area contributed by atoms with Crippen LogP contribution in [0.15, 0.2) is 29.4 Å². The van der Waals surface area contributed by atoms with Crippen molar-refractivity contribution in [2.75, 3.05) is 14.1 Å². The van der Waals surface area contributed by atoms with Gasteiger partial charge in [-0.1, -0.05) is 17.7 Å². The topological polar surface area (TPSA) is 44.7 Å². The Morgan fingerprint density at radius 1 is 1.33 bits per heavy atom. The van der Waals surface area contributed by atoms with E-state index in [1.165, 1.54) is 6.34 Å². The summed E-state index contributed by atoms with van der Waals surface area (Å²) >= 11 is 0. The average molecular weight is 205 g/mol. The Bertz CT molecular complexity index is 355. The van der Waals surface area contributed by atoms with Crippen molar-refractivity contribution in [2.45, 2.75) is 6.92 Å². The molecule has 0 radical (unpaired) electrons. The van der Waals surface area contributed by atoms with Crippen LogP contribution < -0.4 is 5.43 Å². The molecule has 0 bridgehead atoms. The number of nitrogens with one attached hydrogen (secondary N) is 1. The van der Waals surface area contributed by atoms with Crippen LogP contribution in [-0.4, -0.2) is 31.2 Å². The maximum atomic E-state index is 11.5. The standard InChI is InChI=1S/C11H15N3O/c1-9-4-6-10(7-5-9)11(15)13-12-8-14(2)3/h4-8H,1-3H3,(H,13,15)/b12-8+. The molecule has 0 aliphatic heterocycles. The molecule has 80 valence electrons. The summed E-state index contributed by atoms with van der Waals surface area (Å²) in [6.45, 7) is 1.98. The fraction of sp³-hybridized carbons (Fsp3) is 0.273. The summed E-state index contributed by atoms with van der Waals surface area (Å²) in [5.41, 5.74) is 4.17. The number of amides is 1. The van der Waals surface area contributed by atoms with E-state index in [9.17, 15) is 4.79 Å². The van der Waals surface area contributed by atoms with Crippen LogP contribution in [0.25, 0.3) is 0 Å². The lowest BCUT2D eigenvalue weighted by molar-refractivity contribution is 0.0954. The molecule has 0 atom stereocenters. The predicted octanol–water partition coefficient (Wildman–Crippen LogP) is 1.23. The summed E-state index contributed by atoms with van der Waals surface area (Å²) in [6, 6.07) is 7.33. The summed E-state index contributed by atoms with van der Waals surface area (Å²) < 4.78 is 0. The molecule has 1 amide bonds. The third-order valence-electron chi connectivity index (χ3n) is 1.77. The molecule has 0 aliphatic rings. The highest BCUT2D eigenvalue weighted by molar-refractivity contribution is 5.94. The quantitative estimate of drug-likeness (QED) is 0.458. The van der Waals surface area contributed by atoms with Crippen molar-refractivity contribution >= 4 is 12.2 Å². The molecule has 0 heterocycles. The van der Waals surface area contributed by atoms with Gasteiger partial charge in [-0.05, 0) is 19.1 Å². The van der Waals surface area contributed by atoms with E-state index in [1.807, 2.05) is 33.2 Å². The zero-order chi connectivity index (χ0) is 11.3. The van der Waals surface area contributed by atoms with Crippen LogP contribution in [0.5, 0.6) is 0 Å². The normalized spacial score (nSPS) is 10.3. The lowest BCUT2D eigenvalue weighted by Crippen LogP contribution is -2.20. The molecular formula is C11H15N3O. The lowest BCUT2D eigenvalue weighted by atomic mass is 10.1. The highest BCUT2D eigenvalue weighted by Crippen LogP contribution is 2.02. The molecule has 0 saturated heterocycles. The fourth-order valence-electron chi connectivity index (χ4n) is 0.972. The number of rotatable bonds is 3. The van der Waals surface area contributed by atoms with E-state index in [1.54, 1.807) is 17.0 Å². The highest BCUT2D eigenvalue weighted by atomic mass is 16.2. The van der Waals surface area contributed by atoms with Gasteiger partial charge in [0, 0.05) is 19.7 Å². The molecule has 0 aliphatic carbocycles. The van der Waals surface area contributed by atoms with E-state index >= 15 is 0 Å². The Kier molecular flexibility index (Phi) is 3.85. The van der Waals surface area contributed by atoms with E-state index in [0.717, 1.165) is 5.56 Å². The summed E-state index contributed by atoms with van der Waals surface area (Å²) in [7, 11) is 3.67. The third kappa shape index (κ3) is 3.81. The lowest BCUT2D eigenvalue weighted by Gasteiger charge is -2.03. The second kappa shape index (κ2) is 5.14. The predicted molar refractivity (Wildman–Crippen MR) is 60.8 cm³/mol. The number of carbonyl (C=O) groups is 1. The summed E-state index contributed by atoms with van der Waals surface area (Å²) in [4.78, 5) is 13.2. The van der Waals surface area contributed by atoms with Gasteiger partial charge in [0.15, 0.2) is 0 Å². The first kappa shape index (κ1) is 11.2. The van der Waals surface area contributed by atoms with Gasteiger partial charge in [0.1, 0.15) is 6.34 Å².